The van der Waals surface area contributed by atoms with E-state index in [9.17, 15) is 8.42 Å². The molecule has 140 valence electrons. The molecule has 0 amide bonds. The van der Waals surface area contributed by atoms with Gasteiger partial charge in [-0.15, -0.1) is 0 Å². The van der Waals surface area contributed by atoms with Crippen molar-refractivity contribution in [3.63, 3.8) is 0 Å². The van der Waals surface area contributed by atoms with Crippen molar-refractivity contribution < 1.29 is 13.2 Å². The van der Waals surface area contributed by atoms with Crippen LogP contribution in [0.25, 0.3) is 0 Å². The number of aliphatic imine (C=N–C) groups is 1. The average molecular weight is 369 g/mol. The molecule has 0 aliphatic carbocycles. The molecule has 1 aromatic carbocycles. The molecule has 0 spiro atoms. The second-order valence-electron chi connectivity index (χ2n) is 6.00. The van der Waals surface area contributed by atoms with Gasteiger partial charge in [0.2, 0.25) is 10.0 Å². The Bertz CT molecular complexity index is 666. The number of nitrogens with zero attached hydrogens (tertiary/aromatic N) is 2. The van der Waals surface area contributed by atoms with Crippen LogP contribution in [-0.4, -0.2) is 51.6 Å². The van der Waals surface area contributed by atoms with Gasteiger partial charge in [0.05, 0.1) is 17.5 Å². The van der Waals surface area contributed by atoms with E-state index >= 15 is 0 Å². The fourth-order valence-electron chi connectivity index (χ4n) is 2.85. The lowest BCUT2D eigenvalue weighted by molar-refractivity contribution is 0.0263. The topological polar surface area (TPSA) is 97.0 Å². The number of ether oxygens (including phenoxy) is 1. The second-order valence-corrected chi connectivity index (χ2v) is 7.56. The van der Waals surface area contributed by atoms with Gasteiger partial charge in [0.1, 0.15) is 0 Å². The second kappa shape index (κ2) is 9.17. The number of guanidine groups is 1. The fraction of sp³-hybridized carbons (Fsp3) is 0.588. The number of primary sulfonamides is 1. The van der Waals surface area contributed by atoms with Gasteiger partial charge in [0.15, 0.2) is 5.96 Å². The van der Waals surface area contributed by atoms with Crippen LogP contribution in [-0.2, 0) is 21.3 Å². The summed E-state index contributed by atoms with van der Waals surface area (Å²) in [5, 5.41) is 8.44. The number of nitrogens with two attached hydrogens (primary N) is 1. The molecule has 1 aliphatic rings. The molecule has 7 nitrogen and oxygen atoms in total. The number of likely N-dealkylation sites (tertiary alicyclic amines) is 1. The van der Waals surface area contributed by atoms with Crippen molar-refractivity contribution >= 4 is 16.0 Å². The largest absolute Gasteiger partial charge is 0.378 e. The van der Waals surface area contributed by atoms with Crippen LogP contribution >= 0.6 is 0 Å². The number of benzene rings is 1. The number of hydrogen-bond acceptors (Lipinski definition) is 4. The average Bonchev–Trinajstić information content (AvgIpc) is 2.59. The van der Waals surface area contributed by atoms with E-state index in [4.69, 9.17) is 9.88 Å². The van der Waals surface area contributed by atoms with E-state index in [1.165, 1.54) is 12.1 Å². The maximum Gasteiger partial charge on any atom is 0.238 e. The number of nitrogens with one attached hydrogen (secondary N) is 1. The van der Waals surface area contributed by atoms with E-state index in [2.05, 4.69) is 15.2 Å². The van der Waals surface area contributed by atoms with E-state index in [0.29, 0.717) is 12.6 Å². The maximum absolute atomic E-state index is 11.3. The first-order valence-corrected chi connectivity index (χ1v) is 10.2. The lowest BCUT2D eigenvalue weighted by atomic mass is 10.1. The molecular formula is C17H28N4O3S. The molecule has 1 aromatic rings. The van der Waals surface area contributed by atoms with Gasteiger partial charge in [-0.1, -0.05) is 12.1 Å². The van der Waals surface area contributed by atoms with Crippen LogP contribution in [0.3, 0.4) is 0 Å². The number of rotatable bonds is 6. The molecule has 8 heteroatoms. The zero-order valence-corrected chi connectivity index (χ0v) is 15.8. The normalized spacial score (nSPS) is 16.9. The van der Waals surface area contributed by atoms with Crippen LogP contribution in [0.1, 0.15) is 32.3 Å². The van der Waals surface area contributed by atoms with Gasteiger partial charge >= 0.3 is 0 Å². The molecule has 0 saturated carbocycles. The highest BCUT2D eigenvalue weighted by Gasteiger charge is 2.21. The van der Waals surface area contributed by atoms with E-state index in [1.54, 1.807) is 12.1 Å². The van der Waals surface area contributed by atoms with Crippen LogP contribution in [0.5, 0.6) is 0 Å². The van der Waals surface area contributed by atoms with Crippen LogP contribution in [0.15, 0.2) is 34.2 Å². The molecule has 1 aliphatic heterocycles. The smallest absolute Gasteiger partial charge is 0.238 e. The first-order chi connectivity index (χ1) is 11.9. The van der Waals surface area contributed by atoms with Crippen LogP contribution in [0.2, 0.25) is 0 Å². The third kappa shape index (κ3) is 5.98. The fourth-order valence-corrected chi connectivity index (χ4v) is 3.36. The quantitative estimate of drug-likeness (QED) is 0.583. The molecule has 0 atom stereocenters. The van der Waals surface area contributed by atoms with Gasteiger partial charge in [-0.25, -0.2) is 18.5 Å². The highest BCUT2D eigenvalue weighted by molar-refractivity contribution is 7.89. The highest BCUT2D eigenvalue weighted by atomic mass is 32.2. The van der Waals surface area contributed by atoms with Crippen molar-refractivity contribution in [1.29, 1.82) is 0 Å². The SMILES string of the molecule is CCNC(=NCc1ccc(S(N)(=O)=O)cc1)N1CCC(OCC)CC1. The van der Waals surface area contributed by atoms with E-state index in [0.717, 1.165) is 50.6 Å². The molecule has 3 N–H and O–H groups in total. The van der Waals surface area contributed by atoms with E-state index < -0.39 is 10.0 Å². The minimum atomic E-state index is -3.65. The molecule has 1 fully saturated rings. The predicted octanol–water partition coefficient (Wildman–Crippen LogP) is 1.30. The van der Waals surface area contributed by atoms with Crippen molar-refractivity contribution in [3.05, 3.63) is 29.8 Å². The Hall–Kier alpha value is -1.64. The monoisotopic (exact) mass is 368 g/mol. The third-order valence-corrected chi connectivity index (χ3v) is 5.07. The molecule has 0 bridgehead atoms. The van der Waals surface area contributed by atoms with Crippen molar-refractivity contribution in [1.82, 2.24) is 10.2 Å². The summed E-state index contributed by atoms with van der Waals surface area (Å²) in [5.74, 6) is 0.882. The Labute approximate surface area is 150 Å². The van der Waals surface area contributed by atoms with Gasteiger partial charge in [0, 0.05) is 26.2 Å². The van der Waals surface area contributed by atoms with Crippen molar-refractivity contribution in [2.24, 2.45) is 10.1 Å². The Balaban J connectivity index is 2.00. The Kier molecular flexibility index (Phi) is 7.22. The van der Waals surface area contributed by atoms with Crippen molar-refractivity contribution in [3.8, 4) is 0 Å². The zero-order chi connectivity index (χ0) is 18.3. The Morgan fingerprint density at radius 3 is 2.44 bits per heavy atom. The third-order valence-electron chi connectivity index (χ3n) is 4.14. The highest BCUT2D eigenvalue weighted by Crippen LogP contribution is 2.14. The first kappa shape index (κ1) is 19.7. The summed E-state index contributed by atoms with van der Waals surface area (Å²) in [6, 6.07) is 6.52. The summed E-state index contributed by atoms with van der Waals surface area (Å²) < 4.78 is 28.3. The van der Waals surface area contributed by atoms with Gasteiger partial charge in [0.25, 0.3) is 0 Å². The summed E-state index contributed by atoms with van der Waals surface area (Å²) in [6.45, 7) is 7.95. The van der Waals surface area contributed by atoms with Gasteiger partial charge < -0.3 is 15.0 Å². The molecular weight excluding hydrogens is 340 g/mol. The Morgan fingerprint density at radius 2 is 1.92 bits per heavy atom. The lowest BCUT2D eigenvalue weighted by Gasteiger charge is -2.34. The molecule has 1 heterocycles. The first-order valence-electron chi connectivity index (χ1n) is 8.70. The summed E-state index contributed by atoms with van der Waals surface area (Å²) in [4.78, 5) is 7.04. The summed E-state index contributed by atoms with van der Waals surface area (Å²) in [5.41, 5.74) is 0.937. The molecule has 0 radical (unpaired) electrons. The van der Waals surface area contributed by atoms with E-state index in [-0.39, 0.29) is 4.90 Å². The van der Waals surface area contributed by atoms with Gasteiger partial charge in [-0.2, -0.15) is 0 Å². The van der Waals surface area contributed by atoms with Crippen molar-refractivity contribution in [2.75, 3.05) is 26.2 Å². The molecule has 0 aromatic heterocycles. The standard InChI is InChI=1S/C17H28N4O3S/c1-3-19-17(21-11-9-15(10-12-21)24-4-2)20-13-14-5-7-16(8-6-14)25(18,22)23/h5-8,15H,3-4,9-13H2,1-2H3,(H,19,20)(H2,18,22,23). The Morgan fingerprint density at radius 1 is 1.28 bits per heavy atom. The summed E-state index contributed by atoms with van der Waals surface area (Å²) in [7, 11) is -3.65. The molecule has 1 saturated heterocycles. The summed E-state index contributed by atoms with van der Waals surface area (Å²) in [6.07, 6.45) is 2.35. The number of piperidine rings is 1. The number of hydrogen-bond donors (Lipinski definition) is 2. The molecule has 0 unspecified atom stereocenters. The zero-order valence-electron chi connectivity index (χ0n) is 14.9. The maximum atomic E-state index is 11.3. The van der Waals surface area contributed by atoms with Gasteiger partial charge in [-0.3, -0.25) is 0 Å². The molecule has 25 heavy (non-hydrogen) atoms. The van der Waals surface area contributed by atoms with E-state index in [1.807, 2.05) is 13.8 Å². The van der Waals surface area contributed by atoms with Crippen molar-refractivity contribution in [2.45, 2.75) is 44.2 Å². The van der Waals surface area contributed by atoms with Gasteiger partial charge in [-0.05, 0) is 44.4 Å². The predicted molar refractivity (Wildman–Crippen MR) is 98.9 cm³/mol. The minimum Gasteiger partial charge on any atom is -0.378 e. The number of sulfonamides is 1. The molecule has 2 rings (SSSR count). The summed E-state index contributed by atoms with van der Waals surface area (Å²) >= 11 is 0. The van der Waals surface area contributed by atoms with Crippen LogP contribution in [0.4, 0.5) is 0 Å². The van der Waals surface area contributed by atoms with Crippen LogP contribution in [0, 0.1) is 0 Å². The minimum absolute atomic E-state index is 0.116. The lowest BCUT2D eigenvalue weighted by Crippen LogP contribution is -2.47. The van der Waals surface area contributed by atoms with Crippen LogP contribution < -0.4 is 10.5 Å².